The summed E-state index contributed by atoms with van der Waals surface area (Å²) in [5.74, 6) is 1.56. The maximum atomic E-state index is 10.8. The van der Waals surface area contributed by atoms with Crippen LogP contribution in [0.2, 0.25) is 0 Å². The Morgan fingerprint density at radius 3 is 2.33 bits per heavy atom. The Balaban J connectivity index is 3.33. The van der Waals surface area contributed by atoms with E-state index in [1.807, 2.05) is 0 Å². The van der Waals surface area contributed by atoms with Gasteiger partial charge in [-0.15, -0.1) is 0 Å². The van der Waals surface area contributed by atoms with E-state index in [1.165, 1.54) is 6.42 Å². The molecule has 0 aromatic rings. The molecule has 0 aliphatic heterocycles. The van der Waals surface area contributed by atoms with Gasteiger partial charge in [-0.2, -0.15) is 0 Å². The van der Waals surface area contributed by atoms with Crippen molar-refractivity contribution in [2.24, 2.45) is 5.92 Å². The minimum atomic E-state index is -0.642. The summed E-state index contributed by atoms with van der Waals surface area (Å²) in [7, 11) is 1.45. The van der Waals surface area contributed by atoms with Crippen LogP contribution in [0.3, 0.4) is 0 Å². The molecule has 0 rings (SSSR count). The van der Waals surface area contributed by atoms with E-state index in [0.29, 0.717) is 0 Å². The molecule has 0 N–H and O–H groups in total. The van der Waals surface area contributed by atoms with Crippen LogP contribution in [0.4, 0.5) is 0 Å². The van der Waals surface area contributed by atoms with Crippen molar-refractivity contribution in [2.75, 3.05) is 32.1 Å². The molecule has 0 spiro atoms. The van der Waals surface area contributed by atoms with E-state index in [0.717, 1.165) is 24.8 Å². The largest absolute Gasteiger partial charge is 0.305 e. The van der Waals surface area contributed by atoms with E-state index >= 15 is 0 Å². The van der Waals surface area contributed by atoms with Gasteiger partial charge in [0.05, 0.1) is 0 Å². The summed E-state index contributed by atoms with van der Waals surface area (Å²) in [6.07, 6.45) is 2.99. The third-order valence-electron chi connectivity index (χ3n) is 1.85. The second-order valence-electron chi connectivity index (χ2n) is 3.76. The Hall–Kier alpha value is 0.110. The van der Waals surface area contributed by atoms with Gasteiger partial charge in [0, 0.05) is 29.4 Å². The molecule has 0 saturated carbocycles. The molecular weight excluding hydrogens is 170 g/mol. The average molecular weight is 191 g/mol. The van der Waals surface area contributed by atoms with Crippen LogP contribution < -0.4 is 0 Å². The van der Waals surface area contributed by atoms with E-state index in [2.05, 4.69) is 25.8 Å². The molecule has 0 aromatic heterocycles. The van der Waals surface area contributed by atoms with Gasteiger partial charge in [0.15, 0.2) is 0 Å². The summed E-state index contributed by atoms with van der Waals surface area (Å²) >= 11 is 0. The molecule has 0 amide bonds. The van der Waals surface area contributed by atoms with Crippen LogP contribution in [0, 0.1) is 5.92 Å². The lowest BCUT2D eigenvalue weighted by molar-refractivity contribution is 0.327. The molecule has 12 heavy (non-hydrogen) atoms. The molecule has 0 aliphatic carbocycles. The van der Waals surface area contributed by atoms with E-state index < -0.39 is 10.8 Å². The summed E-state index contributed by atoms with van der Waals surface area (Å²) in [6, 6.07) is 0. The van der Waals surface area contributed by atoms with Crippen molar-refractivity contribution in [1.29, 1.82) is 0 Å². The quantitative estimate of drug-likeness (QED) is 0.631. The Labute approximate surface area is 78.8 Å². The fourth-order valence-corrected chi connectivity index (χ4v) is 1.44. The van der Waals surface area contributed by atoms with Gasteiger partial charge in [0.1, 0.15) is 0 Å². The van der Waals surface area contributed by atoms with Crippen LogP contribution in [-0.2, 0) is 10.8 Å². The van der Waals surface area contributed by atoms with Crippen LogP contribution in [0.25, 0.3) is 0 Å². The predicted octanol–water partition coefficient (Wildman–Crippen LogP) is 1.34. The monoisotopic (exact) mass is 191 g/mol. The number of hydrogen-bond acceptors (Lipinski definition) is 2. The van der Waals surface area contributed by atoms with Gasteiger partial charge in [0.25, 0.3) is 0 Å². The van der Waals surface area contributed by atoms with E-state index in [4.69, 9.17) is 0 Å². The van der Waals surface area contributed by atoms with E-state index in [1.54, 1.807) is 6.26 Å². The SMILES string of the molecule is CC(C)CCN(C)CCS(C)=O. The minimum absolute atomic E-state index is 0.642. The highest BCUT2D eigenvalue weighted by Gasteiger charge is 2.00. The highest BCUT2D eigenvalue weighted by atomic mass is 32.2. The van der Waals surface area contributed by atoms with Crippen molar-refractivity contribution in [3.63, 3.8) is 0 Å². The molecule has 3 heteroatoms. The zero-order valence-electron chi connectivity index (χ0n) is 8.67. The van der Waals surface area contributed by atoms with Gasteiger partial charge in [0.2, 0.25) is 0 Å². The van der Waals surface area contributed by atoms with Crippen molar-refractivity contribution >= 4 is 10.8 Å². The van der Waals surface area contributed by atoms with Crippen molar-refractivity contribution in [2.45, 2.75) is 20.3 Å². The molecule has 1 unspecified atom stereocenters. The Bertz CT molecular complexity index is 136. The summed E-state index contributed by atoms with van der Waals surface area (Å²) in [5.41, 5.74) is 0. The van der Waals surface area contributed by atoms with Crippen LogP contribution >= 0.6 is 0 Å². The lowest BCUT2D eigenvalue weighted by Gasteiger charge is -2.16. The van der Waals surface area contributed by atoms with Crippen molar-refractivity contribution in [3.8, 4) is 0 Å². The first-order valence-electron chi connectivity index (χ1n) is 4.51. The highest BCUT2D eigenvalue weighted by Crippen LogP contribution is 2.00. The molecule has 0 saturated heterocycles. The Kier molecular flexibility index (Phi) is 6.67. The van der Waals surface area contributed by atoms with Crippen molar-refractivity contribution in [1.82, 2.24) is 4.90 Å². The first kappa shape index (κ1) is 12.1. The topological polar surface area (TPSA) is 20.3 Å². The molecule has 0 aliphatic rings. The summed E-state index contributed by atoms with van der Waals surface area (Å²) in [6.45, 7) is 6.53. The molecule has 0 bridgehead atoms. The number of nitrogens with zero attached hydrogens (tertiary/aromatic N) is 1. The Morgan fingerprint density at radius 2 is 1.92 bits per heavy atom. The highest BCUT2D eigenvalue weighted by molar-refractivity contribution is 7.84. The molecule has 0 fully saturated rings. The minimum Gasteiger partial charge on any atom is -0.305 e. The third kappa shape index (κ3) is 8.21. The van der Waals surface area contributed by atoms with Gasteiger partial charge >= 0.3 is 0 Å². The number of rotatable bonds is 6. The lowest BCUT2D eigenvalue weighted by atomic mass is 10.1. The molecule has 1 atom stereocenters. The zero-order chi connectivity index (χ0) is 9.56. The van der Waals surface area contributed by atoms with Gasteiger partial charge in [-0.1, -0.05) is 13.8 Å². The van der Waals surface area contributed by atoms with E-state index in [-0.39, 0.29) is 0 Å². The Morgan fingerprint density at radius 1 is 1.33 bits per heavy atom. The van der Waals surface area contributed by atoms with Crippen LogP contribution in [-0.4, -0.2) is 41.3 Å². The van der Waals surface area contributed by atoms with Crippen LogP contribution in [0.1, 0.15) is 20.3 Å². The molecular formula is C9H21NOS. The summed E-state index contributed by atoms with van der Waals surface area (Å²) in [5, 5.41) is 0. The maximum Gasteiger partial charge on any atom is 0.0359 e. The molecule has 2 nitrogen and oxygen atoms in total. The number of hydrogen-bond donors (Lipinski definition) is 0. The molecule has 0 heterocycles. The lowest BCUT2D eigenvalue weighted by Crippen LogP contribution is -2.25. The third-order valence-corrected chi connectivity index (χ3v) is 2.61. The van der Waals surface area contributed by atoms with Gasteiger partial charge in [-0.3, -0.25) is 4.21 Å². The average Bonchev–Trinajstić information content (AvgIpc) is 1.96. The zero-order valence-corrected chi connectivity index (χ0v) is 9.49. The summed E-state index contributed by atoms with van der Waals surface area (Å²) in [4.78, 5) is 2.25. The smallest absolute Gasteiger partial charge is 0.0359 e. The van der Waals surface area contributed by atoms with Crippen LogP contribution in [0.5, 0.6) is 0 Å². The predicted molar refractivity (Wildman–Crippen MR) is 55.9 cm³/mol. The van der Waals surface area contributed by atoms with Gasteiger partial charge < -0.3 is 4.90 Å². The first-order valence-corrected chi connectivity index (χ1v) is 6.23. The molecule has 0 aromatic carbocycles. The summed E-state index contributed by atoms with van der Waals surface area (Å²) < 4.78 is 10.8. The van der Waals surface area contributed by atoms with Crippen molar-refractivity contribution in [3.05, 3.63) is 0 Å². The van der Waals surface area contributed by atoms with E-state index in [9.17, 15) is 4.21 Å². The normalized spacial score (nSPS) is 14.2. The fourth-order valence-electron chi connectivity index (χ4n) is 0.875. The molecule has 0 radical (unpaired) electrons. The second-order valence-corrected chi connectivity index (χ2v) is 5.32. The van der Waals surface area contributed by atoms with Crippen LogP contribution in [0.15, 0.2) is 0 Å². The standard InChI is InChI=1S/C9H21NOS/c1-9(2)5-6-10(3)7-8-12(4)11/h9H,5-8H2,1-4H3. The second kappa shape index (κ2) is 6.61. The fraction of sp³-hybridized carbons (Fsp3) is 1.00. The van der Waals surface area contributed by atoms with Gasteiger partial charge in [-0.25, -0.2) is 0 Å². The molecule has 74 valence electrons. The first-order chi connectivity index (χ1) is 5.52. The maximum absolute atomic E-state index is 10.8. The van der Waals surface area contributed by atoms with Crippen molar-refractivity contribution < 1.29 is 4.21 Å². The van der Waals surface area contributed by atoms with Gasteiger partial charge in [-0.05, 0) is 25.9 Å².